The lowest BCUT2D eigenvalue weighted by Crippen LogP contribution is -2.26. The van der Waals surface area contributed by atoms with E-state index in [1.54, 1.807) is 0 Å². The monoisotopic (exact) mass is 122 g/mol. The summed E-state index contributed by atoms with van der Waals surface area (Å²) in [5.74, 6) is -0.824. The second kappa shape index (κ2) is 3.80. The maximum Gasteiger partial charge on any atom is 0.158 e. The normalized spacial score (nSPS) is 11.2. The second-order valence-corrected chi connectivity index (χ2v) is 1.54. The van der Waals surface area contributed by atoms with Gasteiger partial charge in [0, 0.05) is 0 Å². The lowest BCUT2D eigenvalue weighted by atomic mass is 10.2. The maximum absolute atomic E-state index is 8.25. The van der Waals surface area contributed by atoms with Crippen LogP contribution in [0.5, 0.6) is 0 Å². The van der Waals surface area contributed by atoms with Gasteiger partial charge in [0.1, 0.15) is 0 Å². The van der Waals surface area contributed by atoms with Crippen LogP contribution in [0.15, 0.2) is 0 Å². The molecule has 0 saturated heterocycles. The van der Waals surface area contributed by atoms with Crippen LogP contribution in [0.4, 0.5) is 0 Å². The first-order chi connectivity index (χ1) is 3.72. The van der Waals surface area contributed by atoms with Crippen LogP contribution in [-0.4, -0.2) is 39.9 Å². The molecule has 0 rings (SSSR count). The summed E-state index contributed by atoms with van der Waals surface area (Å²) < 4.78 is 0. The van der Waals surface area contributed by atoms with Gasteiger partial charge in [-0.3, -0.25) is 0 Å². The van der Waals surface area contributed by atoms with Crippen molar-refractivity contribution in [2.24, 2.45) is 5.92 Å². The summed E-state index contributed by atoms with van der Waals surface area (Å²) in [6.45, 7) is -0.817. The first kappa shape index (κ1) is 7.84. The first-order valence-electron chi connectivity index (χ1n) is 2.30. The lowest BCUT2D eigenvalue weighted by Gasteiger charge is -2.11. The number of rotatable bonds is 3. The molecule has 0 aromatic rings. The minimum absolute atomic E-state index is 0.409. The topological polar surface area (TPSA) is 80.9 Å². The molecular weight excluding hydrogens is 112 g/mol. The lowest BCUT2D eigenvalue weighted by molar-refractivity contribution is -0.109. The molecule has 0 bridgehead atoms. The van der Waals surface area contributed by atoms with E-state index in [4.69, 9.17) is 20.4 Å². The molecule has 4 N–H and O–H groups in total. The summed E-state index contributed by atoms with van der Waals surface area (Å²) in [5, 5.41) is 32.9. The molecule has 4 heteroatoms. The van der Waals surface area contributed by atoms with Crippen molar-refractivity contribution in [2.75, 3.05) is 13.2 Å². The highest BCUT2D eigenvalue weighted by molar-refractivity contribution is 4.54. The summed E-state index contributed by atoms with van der Waals surface area (Å²) in [7, 11) is 0. The molecule has 50 valence electrons. The Balaban J connectivity index is 3.35. The number of hydrogen-bond acceptors (Lipinski definition) is 4. The Morgan fingerprint density at radius 3 is 1.38 bits per heavy atom. The molecule has 0 aliphatic heterocycles. The summed E-state index contributed by atoms with van der Waals surface area (Å²) in [6, 6.07) is 0. The zero-order valence-electron chi connectivity index (χ0n) is 4.36. The highest BCUT2D eigenvalue weighted by Gasteiger charge is 2.12. The third-order valence-corrected chi connectivity index (χ3v) is 0.891. The van der Waals surface area contributed by atoms with E-state index in [-0.39, 0.29) is 0 Å². The minimum atomic E-state index is -1.62. The average molecular weight is 122 g/mol. The van der Waals surface area contributed by atoms with E-state index in [9.17, 15) is 0 Å². The predicted octanol–water partition coefficient (Wildman–Crippen LogP) is -2.10. The van der Waals surface area contributed by atoms with Gasteiger partial charge in [-0.05, 0) is 0 Å². The van der Waals surface area contributed by atoms with Crippen LogP contribution in [0.1, 0.15) is 0 Å². The zero-order valence-corrected chi connectivity index (χ0v) is 4.36. The average Bonchev–Trinajstić information content (AvgIpc) is 1.69. The molecule has 0 unspecified atom stereocenters. The van der Waals surface area contributed by atoms with Gasteiger partial charge in [-0.25, -0.2) is 0 Å². The Kier molecular flexibility index (Phi) is 3.72. The molecule has 0 heterocycles. The standard InChI is InChI=1S/C4H10O4/c5-1-3(2-6)4(7)8/h3-8H,1-2H2. The van der Waals surface area contributed by atoms with E-state index in [1.165, 1.54) is 0 Å². The molecule has 8 heavy (non-hydrogen) atoms. The molecule has 0 atom stereocenters. The predicted molar refractivity (Wildman–Crippen MR) is 25.9 cm³/mol. The van der Waals surface area contributed by atoms with Gasteiger partial charge >= 0.3 is 0 Å². The van der Waals surface area contributed by atoms with Crippen molar-refractivity contribution in [3.05, 3.63) is 0 Å². The van der Waals surface area contributed by atoms with Crippen LogP contribution >= 0.6 is 0 Å². The van der Waals surface area contributed by atoms with Crippen LogP contribution in [0.3, 0.4) is 0 Å². The fraction of sp³-hybridized carbons (Fsp3) is 1.00. The van der Waals surface area contributed by atoms with E-state index in [0.29, 0.717) is 0 Å². The Morgan fingerprint density at radius 1 is 1.00 bits per heavy atom. The molecule has 0 saturated carbocycles. The van der Waals surface area contributed by atoms with Crippen molar-refractivity contribution in [3.8, 4) is 0 Å². The van der Waals surface area contributed by atoms with Gasteiger partial charge in [0.05, 0.1) is 19.1 Å². The first-order valence-corrected chi connectivity index (χ1v) is 2.30. The van der Waals surface area contributed by atoms with Crippen LogP contribution in [0, 0.1) is 5.92 Å². The molecular formula is C4H10O4. The van der Waals surface area contributed by atoms with Crippen LogP contribution in [0.2, 0.25) is 0 Å². The molecule has 0 aliphatic carbocycles. The van der Waals surface area contributed by atoms with Crippen molar-refractivity contribution in [3.63, 3.8) is 0 Å². The Labute approximate surface area is 47.0 Å². The van der Waals surface area contributed by atoms with E-state index >= 15 is 0 Å². The van der Waals surface area contributed by atoms with Gasteiger partial charge in [-0.15, -0.1) is 0 Å². The molecule has 0 radical (unpaired) electrons. The van der Waals surface area contributed by atoms with Crippen molar-refractivity contribution < 1.29 is 20.4 Å². The fourth-order valence-electron chi connectivity index (χ4n) is 0.246. The largest absolute Gasteiger partial charge is 0.396 e. The number of aliphatic hydroxyl groups is 4. The number of hydrogen-bond donors (Lipinski definition) is 4. The van der Waals surface area contributed by atoms with Crippen molar-refractivity contribution in [1.29, 1.82) is 0 Å². The fourth-order valence-corrected chi connectivity index (χ4v) is 0.246. The second-order valence-electron chi connectivity index (χ2n) is 1.54. The summed E-state index contributed by atoms with van der Waals surface area (Å²) >= 11 is 0. The van der Waals surface area contributed by atoms with Gasteiger partial charge < -0.3 is 20.4 Å². The van der Waals surface area contributed by atoms with Gasteiger partial charge in [-0.1, -0.05) is 0 Å². The highest BCUT2D eigenvalue weighted by Crippen LogP contribution is 1.96. The molecule has 0 fully saturated rings. The third kappa shape index (κ3) is 2.23. The van der Waals surface area contributed by atoms with Gasteiger partial charge in [0.25, 0.3) is 0 Å². The van der Waals surface area contributed by atoms with Gasteiger partial charge in [0.15, 0.2) is 6.29 Å². The van der Waals surface area contributed by atoms with Gasteiger partial charge in [0.2, 0.25) is 0 Å². The van der Waals surface area contributed by atoms with Crippen LogP contribution in [-0.2, 0) is 0 Å². The molecule has 0 aliphatic rings. The smallest absolute Gasteiger partial charge is 0.158 e. The Morgan fingerprint density at radius 2 is 1.38 bits per heavy atom. The van der Waals surface area contributed by atoms with Crippen LogP contribution in [0.25, 0.3) is 0 Å². The molecule has 0 spiro atoms. The summed E-state index contributed by atoms with van der Waals surface area (Å²) in [4.78, 5) is 0. The van der Waals surface area contributed by atoms with E-state index in [0.717, 1.165) is 0 Å². The summed E-state index contributed by atoms with van der Waals surface area (Å²) in [6.07, 6.45) is -1.62. The highest BCUT2D eigenvalue weighted by atomic mass is 16.5. The van der Waals surface area contributed by atoms with E-state index in [1.807, 2.05) is 0 Å². The molecule has 4 nitrogen and oxygen atoms in total. The van der Waals surface area contributed by atoms with Crippen molar-refractivity contribution in [1.82, 2.24) is 0 Å². The third-order valence-electron chi connectivity index (χ3n) is 0.891. The van der Waals surface area contributed by atoms with Crippen molar-refractivity contribution in [2.45, 2.75) is 6.29 Å². The SMILES string of the molecule is OCC(CO)C(O)O. The number of aliphatic hydroxyl groups excluding tert-OH is 3. The maximum atomic E-state index is 8.25. The molecule has 0 amide bonds. The van der Waals surface area contributed by atoms with E-state index in [2.05, 4.69) is 0 Å². The quantitative estimate of drug-likeness (QED) is 0.323. The van der Waals surface area contributed by atoms with E-state index < -0.39 is 25.4 Å². The minimum Gasteiger partial charge on any atom is -0.396 e. The Bertz CT molecular complexity index is 50.0. The molecule has 0 aromatic carbocycles. The molecule has 0 aromatic heterocycles. The van der Waals surface area contributed by atoms with Crippen LogP contribution < -0.4 is 0 Å². The Hall–Kier alpha value is -0.160. The zero-order chi connectivity index (χ0) is 6.57. The summed E-state index contributed by atoms with van der Waals surface area (Å²) in [5.41, 5.74) is 0. The van der Waals surface area contributed by atoms with Gasteiger partial charge in [-0.2, -0.15) is 0 Å². The van der Waals surface area contributed by atoms with Crippen molar-refractivity contribution >= 4 is 0 Å².